The van der Waals surface area contributed by atoms with Crippen LogP contribution in [0.3, 0.4) is 0 Å². The Morgan fingerprint density at radius 3 is 2.80 bits per heavy atom. The van der Waals surface area contributed by atoms with E-state index in [0.29, 0.717) is 0 Å². The van der Waals surface area contributed by atoms with Gasteiger partial charge in [0.2, 0.25) is 0 Å². The van der Waals surface area contributed by atoms with Gasteiger partial charge in [-0.1, -0.05) is 37.3 Å². The molecular formula is C17H20N2O. The smallest absolute Gasteiger partial charge is 0.143 e. The van der Waals surface area contributed by atoms with Gasteiger partial charge in [-0.3, -0.25) is 0 Å². The second kappa shape index (κ2) is 5.97. The molecule has 0 bridgehead atoms. The Balaban J connectivity index is 1.84. The van der Waals surface area contributed by atoms with Gasteiger partial charge in [0.25, 0.3) is 0 Å². The SMILES string of the molecule is CCNCCCOc1cccc2c1[nH]c1ccccc12. The van der Waals surface area contributed by atoms with E-state index in [1.165, 1.54) is 10.8 Å². The molecule has 0 atom stereocenters. The normalized spacial score (nSPS) is 11.2. The monoisotopic (exact) mass is 268 g/mol. The van der Waals surface area contributed by atoms with Crippen LogP contribution in [0.5, 0.6) is 5.75 Å². The van der Waals surface area contributed by atoms with E-state index in [9.17, 15) is 0 Å². The highest BCUT2D eigenvalue weighted by Gasteiger charge is 2.07. The van der Waals surface area contributed by atoms with Crippen molar-refractivity contribution < 1.29 is 4.74 Å². The summed E-state index contributed by atoms with van der Waals surface area (Å²) in [5.74, 6) is 0.940. The maximum Gasteiger partial charge on any atom is 0.143 e. The summed E-state index contributed by atoms with van der Waals surface area (Å²) in [4.78, 5) is 3.46. The first-order chi connectivity index (χ1) is 9.90. The first kappa shape index (κ1) is 13.0. The average molecular weight is 268 g/mol. The summed E-state index contributed by atoms with van der Waals surface area (Å²) in [5.41, 5.74) is 2.25. The summed E-state index contributed by atoms with van der Waals surface area (Å²) in [6.07, 6.45) is 1.02. The molecule has 0 spiro atoms. The Morgan fingerprint density at radius 2 is 1.90 bits per heavy atom. The molecule has 0 radical (unpaired) electrons. The number of nitrogens with one attached hydrogen (secondary N) is 2. The van der Waals surface area contributed by atoms with Crippen molar-refractivity contribution in [3.05, 3.63) is 42.5 Å². The second-order valence-corrected chi connectivity index (χ2v) is 4.90. The lowest BCUT2D eigenvalue weighted by Gasteiger charge is -2.07. The van der Waals surface area contributed by atoms with Crippen molar-refractivity contribution in [1.82, 2.24) is 10.3 Å². The van der Waals surface area contributed by atoms with Crippen molar-refractivity contribution in [2.24, 2.45) is 0 Å². The van der Waals surface area contributed by atoms with Gasteiger partial charge in [0.1, 0.15) is 5.75 Å². The molecule has 2 aromatic carbocycles. The van der Waals surface area contributed by atoms with Gasteiger partial charge in [-0.05, 0) is 31.6 Å². The van der Waals surface area contributed by atoms with Crippen LogP contribution < -0.4 is 10.1 Å². The molecule has 3 heteroatoms. The third-order valence-electron chi connectivity index (χ3n) is 3.51. The highest BCUT2D eigenvalue weighted by molar-refractivity contribution is 6.09. The van der Waals surface area contributed by atoms with Gasteiger partial charge in [0.15, 0.2) is 0 Å². The number of benzene rings is 2. The molecule has 3 nitrogen and oxygen atoms in total. The number of aromatic amines is 1. The summed E-state index contributed by atoms with van der Waals surface area (Å²) in [6.45, 7) is 4.87. The molecule has 1 aromatic heterocycles. The van der Waals surface area contributed by atoms with Gasteiger partial charge < -0.3 is 15.0 Å². The van der Waals surface area contributed by atoms with E-state index in [0.717, 1.165) is 42.9 Å². The topological polar surface area (TPSA) is 37.0 Å². The molecule has 0 fully saturated rings. The molecular weight excluding hydrogens is 248 g/mol. The number of ether oxygens (including phenoxy) is 1. The summed E-state index contributed by atoms with van der Waals surface area (Å²) in [7, 11) is 0. The summed E-state index contributed by atoms with van der Waals surface area (Å²) in [5, 5.41) is 5.78. The van der Waals surface area contributed by atoms with Crippen molar-refractivity contribution in [2.45, 2.75) is 13.3 Å². The summed E-state index contributed by atoms with van der Waals surface area (Å²) in [6, 6.07) is 14.6. The fourth-order valence-corrected chi connectivity index (χ4v) is 2.52. The number of hydrogen-bond acceptors (Lipinski definition) is 2. The molecule has 104 valence electrons. The van der Waals surface area contributed by atoms with E-state index >= 15 is 0 Å². The maximum absolute atomic E-state index is 5.92. The third kappa shape index (κ3) is 2.49. The molecule has 1 heterocycles. The lowest BCUT2D eigenvalue weighted by atomic mass is 10.1. The largest absolute Gasteiger partial charge is 0.491 e. The molecule has 3 rings (SSSR count). The molecule has 0 amide bonds. The summed E-state index contributed by atoms with van der Waals surface area (Å²) < 4.78 is 5.92. The van der Waals surface area contributed by atoms with Crippen LogP contribution in [0.1, 0.15) is 13.3 Å². The zero-order valence-corrected chi connectivity index (χ0v) is 11.8. The van der Waals surface area contributed by atoms with Crippen LogP contribution >= 0.6 is 0 Å². The Bertz CT molecular complexity index is 702. The van der Waals surface area contributed by atoms with Crippen molar-refractivity contribution in [3.8, 4) is 5.75 Å². The number of aromatic nitrogens is 1. The van der Waals surface area contributed by atoms with Crippen molar-refractivity contribution >= 4 is 21.8 Å². The van der Waals surface area contributed by atoms with Gasteiger partial charge in [-0.2, -0.15) is 0 Å². The first-order valence-corrected chi connectivity index (χ1v) is 7.23. The Morgan fingerprint density at radius 1 is 1.05 bits per heavy atom. The van der Waals surface area contributed by atoms with E-state index in [1.54, 1.807) is 0 Å². The van der Waals surface area contributed by atoms with Crippen LogP contribution in [0.25, 0.3) is 21.8 Å². The number of H-pyrrole nitrogens is 1. The van der Waals surface area contributed by atoms with Crippen molar-refractivity contribution in [1.29, 1.82) is 0 Å². The Labute approximate surface area is 118 Å². The lowest BCUT2D eigenvalue weighted by Crippen LogP contribution is -2.16. The molecule has 3 aromatic rings. The quantitative estimate of drug-likeness (QED) is 0.669. The van der Waals surface area contributed by atoms with Crippen molar-refractivity contribution in [2.75, 3.05) is 19.7 Å². The second-order valence-electron chi connectivity index (χ2n) is 4.90. The molecule has 0 unspecified atom stereocenters. The number of hydrogen-bond donors (Lipinski definition) is 2. The fraction of sp³-hybridized carbons (Fsp3) is 0.294. The van der Waals surface area contributed by atoms with E-state index in [-0.39, 0.29) is 0 Å². The molecule has 0 aliphatic rings. The van der Waals surface area contributed by atoms with Gasteiger partial charge in [0.05, 0.1) is 12.1 Å². The predicted octanol–water partition coefficient (Wildman–Crippen LogP) is 3.70. The van der Waals surface area contributed by atoms with Crippen LogP contribution in [0, 0.1) is 0 Å². The van der Waals surface area contributed by atoms with Crippen LogP contribution in [0.15, 0.2) is 42.5 Å². The fourth-order valence-electron chi connectivity index (χ4n) is 2.52. The highest BCUT2D eigenvalue weighted by atomic mass is 16.5. The zero-order chi connectivity index (χ0) is 13.8. The van der Waals surface area contributed by atoms with Gasteiger partial charge >= 0.3 is 0 Å². The highest BCUT2D eigenvalue weighted by Crippen LogP contribution is 2.31. The van der Waals surface area contributed by atoms with Gasteiger partial charge in [0, 0.05) is 16.3 Å². The minimum atomic E-state index is 0.738. The average Bonchev–Trinajstić information content (AvgIpc) is 2.87. The number of fused-ring (bicyclic) bond motifs is 3. The number of rotatable bonds is 6. The molecule has 20 heavy (non-hydrogen) atoms. The van der Waals surface area contributed by atoms with Gasteiger partial charge in [-0.25, -0.2) is 0 Å². The van der Waals surface area contributed by atoms with E-state index in [4.69, 9.17) is 4.74 Å². The van der Waals surface area contributed by atoms with Crippen LogP contribution in [-0.4, -0.2) is 24.7 Å². The summed E-state index contributed by atoms with van der Waals surface area (Å²) >= 11 is 0. The predicted molar refractivity (Wildman–Crippen MR) is 84.5 cm³/mol. The lowest BCUT2D eigenvalue weighted by molar-refractivity contribution is 0.312. The van der Waals surface area contributed by atoms with Gasteiger partial charge in [-0.15, -0.1) is 0 Å². The van der Waals surface area contributed by atoms with Crippen LogP contribution in [0.2, 0.25) is 0 Å². The first-order valence-electron chi connectivity index (χ1n) is 7.23. The zero-order valence-electron chi connectivity index (χ0n) is 11.8. The minimum Gasteiger partial charge on any atom is -0.491 e. The number of para-hydroxylation sites is 2. The van der Waals surface area contributed by atoms with Crippen molar-refractivity contribution in [3.63, 3.8) is 0 Å². The molecule has 0 aliphatic carbocycles. The molecule has 2 N–H and O–H groups in total. The van der Waals surface area contributed by atoms with E-state index < -0.39 is 0 Å². The van der Waals surface area contributed by atoms with Crippen LogP contribution in [-0.2, 0) is 0 Å². The van der Waals surface area contributed by atoms with E-state index in [1.807, 2.05) is 6.07 Å². The standard InChI is InChI=1S/C17H20N2O/c1-2-18-11-6-12-20-16-10-5-8-14-13-7-3-4-9-15(13)19-17(14)16/h3-5,7-10,18-19H,2,6,11-12H2,1H3. The molecule has 0 saturated carbocycles. The molecule has 0 saturated heterocycles. The van der Waals surface area contributed by atoms with Crippen LogP contribution in [0.4, 0.5) is 0 Å². The Kier molecular flexibility index (Phi) is 3.88. The maximum atomic E-state index is 5.92. The van der Waals surface area contributed by atoms with E-state index in [2.05, 4.69) is 53.6 Å². The third-order valence-corrected chi connectivity index (χ3v) is 3.51. The minimum absolute atomic E-state index is 0.738. The Hall–Kier alpha value is -2.00. The molecule has 0 aliphatic heterocycles.